The topological polar surface area (TPSA) is 12.5 Å². The van der Waals surface area contributed by atoms with Gasteiger partial charge in [-0.25, -0.2) is 0 Å². The van der Waals surface area contributed by atoms with Crippen LogP contribution < -0.4 is 0 Å². The average Bonchev–Trinajstić information content (AvgIpc) is 2.76. The minimum absolute atomic E-state index is 0.386. The Labute approximate surface area is 120 Å². The molecule has 1 aliphatic heterocycles. The number of ether oxygens (including phenoxy) is 1. The molecule has 2 rings (SSSR count). The highest BCUT2D eigenvalue weighted by Crippen LogP contribution is 2.29. The van der Waals surface area contributed by atoms with Crippen molar-refractivity contribution in [2.45, 2.75) is 78.4 Å². The molecule has 2 heteroatoms. The maximum absolute atomic E-state index is 5.64. The molecule has 0 radical (unpaired) electrons. The summed E-state index contributed by atoms with van der Waals surface area (Å²) in [6.45, 7) is 11.2. The van der Waals surface area contributed by atoms with Gasteiger partial charge in [0.1, 0.15) is 0 Å². The maximum Gasteiger partial charge on any atom is 0.0717 e. The molecule has 114 valence electrons. The molecule has 0 aromatic rings. The number of hydrogen-bond acceptors (Lipinski definition) is 2. The van der Waals surface area contributed by atoms with Crippen LogP contribution in [0.15, 0.2) is 0 Å². The molecule has 1 unspecified atom stereocenters. The Balaban J connectivity index is 0.000000191. The summed E-state index contributed by atoms with van der Waals surface area (Å²) in [5.74, 6) is 1.99. The standard InChI is InChI=1S/C9H18.C8H17NO/c1-8(2)9-6-4-3-5-7-9;1-7(2)10-8-4-5-9(3)6-8/h8-9H,3-7H2,1-2H3;7-8H,4-6H2,1-3H3. The predicted molar refractivity (Wildman–Crippen MR) is 83.5 cm³/mol. The molecule has 1 atom stereocenters. The summed E-state index contributed by atoms with van der Waals surface area (Å²) < 4.78 is 5.64. The maximum atomic E-state index is 5.64. The van der Waals surface area contributed by atoms with Crippen molar-refractivity contribution in [3.05, 3.63) is 0 Å². The first-order chi connectivity index (χ1) is 8.99. The highest BCUT2D eigenvalue weighted by molar-refractivity contribution is 4.73. The first-order valence-electron chi connectivity index (χ1n) is 8.33. The van der Waals surface area contributed by atoms with Gasteiger partial charge >= 0.3 is 0 Å². The quantitative estimate of drug-likeness (QED) is 0.756. The van der Waals surface area contributed by atoms with Gasteiger partial charge in [0.25, 0.3) is 0 Å². The van der Waals surface area contributed by atoms with Crippen LogP contribution >= 0.6 is 0 Å². The lowest BCUT2D eigenvalue weighted by atomic mass is 9.82. The van der Waals surface area contributed by atoms with Crippen LogP contribution in [0.25, 0.3) is 0 Å². The Kier molecular flexibility index (Phi) is 8.01. The molecule has 0 spiro atoms. The van der Waals surface area contributed by atoms with Gasteiger partial charge in [0.05, 0.1) is 12.2 Å². The lowest BCUT2D eigenvalue weighted by Gasteiger charge is -2.24. The Bertz CT molecular complexity index is 221. The van der Waals surface area contributed by atoms with Crippen LogP contribution in [0.5, 0.6) is 0 Å². The van der Waals surface area contributed by atoms with E-state index in [1.54, 1.807) is 0 Å². The zero-order valence-corrected chi connectivity index (χ0v) is 13.8. The summed E-state index contributed by atoms with van der Waals surface area (Å²) in [6.07, 6.45) is 9.54. The van der Waals surface area contributed by atoms with Crippen molar-refractivity contribution in [1.29, 1.82) is 0 Å². The molecule has 1 saturated carbocycles. The third kappa shape index (κ3) is 7.31. The van der Waals surface area contributed by atoms with Crippen molar-refractivity contribution in [2.75, 3.05) is 20.1 Å². The van der Waals surface area contributed by atoms with Crippen LogP contribution in [0.2, 0.25) is 0 Å². The van der Waals surface area contributed by atoms with E-state index in [2.05, 4.69) is 39.6 Å². The summed E-state index contributed by atoms with van der Waals surface area (Å²) >= 11 is 0. The fourth-order valence-electron chi connectivity index (χ4n) is 3.19. The van der Waals surface area contributed by atoms with Crippen LogP contribution in [0.4, 0.5) is 0 Å². The van der Waals surface area contributed by atoms with E-state index in [1.807, 2.05) is 0 Å². The third-order valence-electron chi connectivity index (χ3n) is 4.41. The predicted octanol–water partition coefficient (Wildman–Crippen LogP) is 4.34. The molecule has 0 aromatic carbocycles. The van der Waals surface area contributed by atoms with Crippen LogP contribution in [-0.2, 0) is 4.74 Å². The van der Waals surface area contributed by atoms with Crippen LogP contribution in [0.3, 0.4) is 0 Å². The zero-order valence-electron chi connectivity index (χ0n) is 13.8. The van der Waals surface area contributed by atoms with Crippen molar-refractivity contribution < 1.29 is 4.74 Å². The molecule has 2 aliphatic rings. The molecule has 1 heterocycles. The van der Waals surface area contributed by atoms with Gasteiger partial charge in [-0.1, -0.05) is 46.0 Å². The molecule has 2 fully saturated rings. The first kappa shape index (κ1) is 17.0. The number of nitrogens with zero attached hydrogens (tertiary/aromatic N) is 1. The van der Waals surface area contributed by atoms with E-state index in [0.29, 0.717) is 12.2 Å². The fraction of sp³-hybridized carbons (Fsp3) is 1.00. The van der Waals surface area contributed by atoms with Gasteiger partial charge in [0, 0.05) is 13.1 Å². The van der Waals surface area contributed by atoms with Gasteiger partial charge in [-0.2, -0.15) is 0 Å². The van der Waals surface area contributed by atoms with Crippen LogP contribution in [0.1, 0.15) is 66.2 Å². The normalized spacial score (nSPS) is 25.7. The highest BCUT2D eigenvalue weighted by Gasteiger charge is 2.20. The molecule has 0 bridgehead atoms. The molecular formula is C17H35NO. The van der Waals surface area contributed by atoms with Gasteiger partial charge in [0.15, 0.2) is 0 Å². The number of likely N-dealkylation sites (N-methyl/N-ethyl adjacent to an activating group) is 1. The lowest BCUT2D eigenvalue weighted by Crippen LogP contribution is -2.21. The molecule has 19 heavy (non-hydrogen) atoms. The molecule has 0 amide bonds. The average molecular weight is 269 g/mol. The summed E-state index contributed by atoms with van der Waals surface area (Å²) in [4.78, 5) is 2.31. The molecular weight excluding hydrogens is 234 g/mol. The number of rotatable bonds is 3. The number of likely N-dealkylation sites (tertiary alicyclic amines) is 1. The van der Waals surface area contributed by atoms with E-state index >= 15 is 0 Å². The zero-order chi connectivity index (χ0) is 14.3. The Morgan fingerprint density at radius 2 is 1.58 bits per heavy atom. The van der Waals surface area contributed by atoms with E-state index < -0.39 is 0 Å². The summed E-state index contributed by atoms with van der Waals surface area (Å²) in [5.41, 5.74) is 0. The van der Waals surface area contributed by atoms with E-state index in [9.17, 15) is 0 Å². The second kappa shape index (κ2) is 8.97. The number of hydrogen-bond donors (Lipinski definition) is 0. The van der Waals surface area contributed by atoms with Crippen molar-refractivity contribution in [3.63, 3.8) is 0 Å². The van der Waals surface area contributed by atoms with Gasteiger partial charge in [-0.3, -0.25) is 0 Å². The van der Waals surface area contributed by atoms with Gasteiger partial charge < -0.3 is 9.64 Å². The second-order valence-electron chi connectivity index (χ2n) is 7.00. The molecule has 0 aromatic heterocycles. The second-order valence-corrected chi connectivity index (χ2v) is 7.00. The summed E-state index contributed by atoms with van der Waals surface area (Å²) in [6, 6.07) is 0. The minimum atomic E-state index is 0.386. The van der Waals surface area contributed by atoms with Crippen molar-refractivity contribution in [3.8, 4) is 0 Å². The van der Waals surface area contributed by atoms with Crippen LogP contribution in [-0.4, -0.2) is 37.2 Å². The molecule has 1 saturated heterocycles. The third-order valence-corrected chi connectivity index (χ3v) is 4.41. The molecule has 1 aliphatic carbocycles. The fourth-order valence-corrected chi connectivity index (χ4v) is 3.19. The molecule has 2 nitrogen and oxygen atoms in total. The SMILES string of the molecule is CC(C)C1CCCCC1.CC(C)OC1CCN(C)C1. The Hall–Kier alpha value is -0.0800. The first-order valence-corrected chi connectivity index (χ1v) is 8.33. The summed E-state index contributed by atoms with van der Waals surface area (Å²) in [7, 11) is 2.14. The highest BCUT2D eigenvalue weighted by atomic mass is 16.5. The molecule has 0 N–H and O–H groups in total. The largest absolute Gasteiger partial charge is 0.374 e. The summed E-state index contributed by atoms with van der Waals surface area (Å²) in [5, 5.41) is 0. The van der Waals surface area contributed by atoms with Gasteiger partial charge in [-0.05, 0) is 39.2 Å². The Morgan fingerprint density at radius 1 is 0.947 bits per heavy atom. The lowest BCUT2D eigenvalue weighted by molar-refractivity contribution is 0.0153. The van der Waals surface area contributed by atoms with Crippen molar-refractivity contribution >= 4 is 0 Å². The van der Waals surface area contributed by atoms with E-state index in [4.69, 9.17) is 4.74 Å². The van der Waals surface area contributed by atoms with E-state index in [-0.39, 0.29) is 0 Å². The van der Waals surface area contributed by atoms with E-state index in [1.165, 1.54) is 45.1 Å². The Morgan fingerprint density at radius 3 is 1.95 bits per heavy atom. The minimum Gasteiger partial charge on any atom is -0.374 e. The van der Waals surface area contributed by atoms with Crippen LogP contribution in [0, 0.1) is 11.8 Å². The van der Waals surface area contributed by atoms with Gasteiger partial charge in [0.2, 0.25) is 0 Å². The van der Waals surface area contributed by atoms with Crippen molar-refractivity contribution in [1.82, 2.24) is 4.90 Å². The van der Waals surface area contributed by atoms with Gasteiger partial charge in [-0.15, -0.1) is 0 Å². The van der Waals surface area contributed by atoms with E-state index in [0.717, 1.165) is 18.4 Å². The van der Waals surface area contributed by atoms with Crippen molar-refractivity contribution in [2.24, 2.45) is 11.8 Å². The smallest absolute Gasteiger partial charge is 0.0717 e. The monoisotopic (exact) mass is 269 g/mol.